The zero-order valence-electron chi connectivity index (χ0n) is 20.3. The van der Waals surface area contributed by atoms with Gasteiger partial charge in [0.15, 0.2) is 0 Å². The van der Waals surface area contributed by atoms with Gasteiger partial charge >= 0.3 is 0 Å². The molecule has 182 valence electrons. The van der Waals surface area contributed by atoms with Gasteiger partial charge in [-0.3, -0.25) is 9.29 Å². The quantitative estimate of drug-likeness (QED) is 0.345. The largest absolute Gasteiger partial charge is 0.357 e. The van der Waals surface area contributed by atoms with E-state index in [-0.39, 0.29) is 18.8 Å². The van der Waals surface area contributed by atoms with Crippen LogP contribution in [-0.4, -0.2) is 47.9 Å². The molecule has 0 bridgehead atoms. The van der Waals surface area contributed by atoms with Gasteiger partial charge in [-0.15, -0.1) is 0 Å². The molecule has 3 aromatic rings. The van der Waals surface area contributed by atoms with Crippen LogP contribution >= 0.6 is 0 Å². The molecule has 1 aliphatic heterocycles. The average Bonchev–Trinajstić information content (AvgIpc) is 3.19. The molecule has 34 heavy (non-hydrogen) atoms. The van der Waals surface area contributed by atoms with Gasteiger partial charge in [0.2, 0.25) is 0 Å². The van der Waals surface area contributed by atoms with Crippen molar-refractivity contribution < 1.29 is 8.78 Å². The molecule has 2 aromatic carbocycles. The molecule has 0 spiro atoms. The fraction of sp³-hybridized carbons (Fsp3) is 0.517. The third kappa shape index (κ3) is 4.78. The van der Waals surface area contributed by atoms with Gasteiger partial charge in [-0.1, -0.05) is 42.5 Å². The number of hydrogen-bond donors (Lipinski definition) is 2. The number of benzene rings is 2. The summed E-state index contributed by atoms with van der Waals surface area (Å²) in [5.74, 6) is 0. The van der Waals surface area contributed by atoms with Crippen LogP contribution in [0.4, 0.5) is 8.78 Å². The van der Waals surface area contributed by atoms with E-state index in [1.807, 2.05) is 0 Å². The van der Waals surface area contributed by atoms with E-state index < -0.39 is 5.67 Å². The number of fused-ring (bicyclic) bond motifs is 3. The number of rotatable bonds is 10. The molecule has 3 nitrogen and oxygen atoms in total. The highest BCUT2D eigenvalue weighted by molar-refractivity contribution is 5.85. The van der Waals surface area contributed by atoms with Crippen molar-refractivity contribution in [1.29, 1.82) is 0 Å². The lowest BCUT2D eigenvalue weighted by atomic mass is 9.79. The van der Waals surface area contributed by atoms with Crippen LogP contribution in [0.2, 0.25) is 0 Å². The van der Waals surface area contributed by atoms with Crippen LogP contribution in [0.5, 0.6) is 0 Å². The molecular weight excluding hydrogens is 428 g/mol. The Morgan fingerprint density at radius 1 is 1.09 bits per heavy atom. The van der Waals surface area contributed by atoms with E-state index in [1.54, 1.807) is 0 Å². The Bertz CT molecular complexity index is 1100. The second-order valence-corrected chi connectivity index (χ2v) is 10.3. The van der Waals surface area contributed by atoms with Crippen molar-refractivity contribution in [3.63, 3.8) is 0 Å². The second-order valence-electron chi connectivity index (χ2n) is 10.3. The lowest BCUT2D eigenvalue weighted by molar-refractivity contribution is -0.00708. The third-order valence-electron chi connectivity index (χ3n) is 7.81. The number of aryl methyl sites for hydroxylation is 1. The summed E-state index contributed by atoms with van der Waals surface area (Å²) < 4.78 is 27.7. The molecule has 0 saturated heterocycles. The molecule has 2 heterocycles. The van der Waals surface area contributed by atoms with Crippen LogP contribution in [0.25, 0.3) is 10.9 Å². The molecule has 5 rings (SSSR count). The molecule has 2 aliphatic rings. The van der Waals surface area contributed by atoms with Crippen molar-refractivity contribution >= 4 is 10.9 Å². The molecule has 2 N–H and O–H groups in total. The number of nitrogens with zero attached hydrogens (tertiary/aromatic N) is 1. The topological polar surface area (TPSA) is 31.1 Å². The standard InChI is InChI=1S/C29H37F2N3/c1-21-18-25-24-11-2-3-12-26(24)33-27(25)28(34(21)20-29(31)13-6-14-29)23-10-4-8-22(19-23)9-5-16-32-17-7-15-30/h2-4,8,10-12,19,21,28,32-33H,5-7,9,13-18,20H2,1H3/t21-,28?/m1/s1. The van der Waals surface area contributed by atoms with Crippen LogP contribution in [0.3, 0.4) is 0 Å². The molecule has 1 unspecified atom stereocenters. The van der Waals surface area contributed by atoms with E-state index in [0.717, 1.165) is 38.8 Å². The predicted octanol–water partition coefficient (Wildman–Crippen LogP) is 6.28. The number of aromatic nitrogens is 1. The zero-order chi connectivity index (χ0) is 23.5. The van der Waals surface area contributed by atoms with E-state index in [9.17, 15) is 4.39 Å². The molecule has 5 heteroatoms. The number of nitrogens with one attached hydrogen (secondary N) is 2. The fourth-order valence-electron chi connectivity index (χ4n) is 5.81. The molecule has 0 radical (unpaired) electrons. The first-order valence-corrected chi connectivity index (χ1v) is 13.0. The fourth-order valence-corrected chi connectivity index (χ4v) is 5.81. The highest BCUT2D eigenvalue weighted by atomic mass is 19.1. The Kier molecular flexibility index (Phi) is 7.03. The summed E-state index contributed by atoms with van der Waals surface area (Å²) in [7, 11) is 0. The first-order valence-electron chi connectivity index (χ1n) is 13.0. The SMILES string of the molecule is C[C@@H]1Cc2c([nH]c3ccccc23)C(c2cccc(CCCNCCCF)c2)N1CC1(F)CCC1. The number of alkyl halides is 2. The maximum atomic E-state index is 15.4. The van der Waals surface area contributed by atoms with Crippen molar-refractivity contribution in [1.82, 2.24) is 15.2 Å². The van der Waals surface area contributed by atoms with Gasteiger partial charge in [0.25, 0.3) is 0 Å². The summed E-state index contributed by atoms with van der Waals surface area (Å²) in [6.45, 7) is 4.12. The highest BCUT2D eigenvalue weighted by Gasteiger charge is 2.44. The van der Waals surface area contributed by atoms with E-state index >= 15 is 4.39 Å². The Balaban J connectivity index is 1.44. The third-order valence-corrected chi connectivity index (χ3v) is 7.81. The maximum absolute atomic E-state index is 15.4. The van der Waals surface area contributed by atoms with E-state index in [0.29, 0.717) is 25.8 Å². The lowest BCUT2D eigenvalue weighted by Gasteiger charge is -2.46. The van der Waals surface area contributed by atoms with Crippen molar-refractivity contribution in [2.24, 2.45) is 0 Å². The molecule has 0 amide bonds. The minimum absolute atomic E-state index is 0.0296. The Labute approximate surface area is 201 Å². The van der Waals surface area contributed by atoms with Crippen LogP contribution in [0, 0.1) is 0 Å². The zero-order valence-corrected chi connectivity index (χ0v) is 20.3. The highest BCUT2D eigenvalue weighted by Crippen LogP contribution is 2.45. The number of halogens is 2. The number of hydrogen-bond acceptors (Lipinski definition) is 2. The molecule has 1 fully saturated rings. The van der Waals surface area contributed by atoms with Gasteiger partial charge in [-0.05, 0) is 87.7 Å². The van der Waals surface area contributed by atoms with E-state index in [4.69, 9.17) is 0 Å². The van der Waals surface area contributed by atoms with Crippen LogP contribution < -0.4 is 5.32 Å². The van der Waals surface area contributed by atoms with Gasteiger partial charge in [-0.25, -0.2) is 4.39 Å². The normalized spacial score (nSPS) is 22.0. The monoisotopic (exact) mass is 465 g/mol. The van der Waals surface area contributed by atoms with Crippen molar-refractivity contribution in [3.05, 3.63) is 70.9 Å². The molecule has 1 saturated carbocycles. The minimum atomic E-state index is -1.06. The van der Waals surface area contributed by atoms with Gasteiger partial charge < -0.3 is 10.3 Å². The summed E-state index contributed by atoms with van der Waals surface area (Å²) in [5.41, 5.74) is 5.27. The molecular formula is C29H37F2N3. The molecule has 1 aromatic heterocycles. The average molecular weight is 466 g/mol. The summed E-state index contributed by atoms with van der Waals surface area (Å²) in [4.78, 5) is 6.13. The van der Waals surface area contributed by atoms with Gasteiger partial charge in [0.05, 0.1) is 12.7 Å². The summed E-state index contributed by atoms with van der Waals surface area (Å²) in [6, 6.07) is 17.7. The lowest BCUT2D eigenvalue weighted by Crippen LogP contribution is -2.51. The number of aromatic amines is 1. The van der Waals surface area contributed by atoms with Crippen molar-refractivity contribution in [2.45, 2.75) is 69.6 Å². The van der Waals surface area contributed by atoms with Crippen LogP contribution in [0.1, 0.15) is 67.5 Å². The Morgan fingerprint density at radius 2 is 1.91 bits per heavy atom. The van der Waals surface area contributed by atoms with Crippen molar-refractivity contribution in [3.8, 4) is 0 Å². The first kappa shape index (κ1) is 23.5. The van der Waals surface area contributed by atoms with Gasteiger partial charge in [0.1, 0.15) is 5.67 Å². The molecule has 1 aliphatic carbocycles. The van der Waals surface area contributed by atoms with Crippen LogP contribution in [0.15, 0.2) is 48.5 Å². The van der Waals surface area contributed by atoms with E-state index in [2.05, 4.69) is 70.7 Å². The number of para-hydroxylation sites is 1. The van der Waals surface area contributed by atoms with Gasteiger partial charge in [-0.2, -0.15) is 0 Å². The predicted molar refractivity (Wildman–Crippen MR) is 136 cm³/mol. The van der Waals surface area contributed by atoms with Gasteiger partial charge in [0, 0.05) is 29.2 Å². The van der Waals surface area contributed by atoms with E-state index in [1.165, 1.54) is 33.3 Å². The Morgan fingerprint density at radius 3 is 2.71 bits per heavy atom. The summed E-state index contributed by atoms with van der Waals surface area (Å²) in [5, 5.41) is 4.61. The smallest absolute Gasteiger partial charge is 0.123 e. The molecule has 2 atom stereocenters. The summed E-state index contributed by atoms with van der Waals surface area (Å²) >= 11 is 0. The summed E-state index contributed by atoms with van der Waals surface area (Å²) in [6.07, 6.45) is 5.87. The number of H-pyrrole nitrogens is 1. The Hall–Kier alpha value is -2.24. The first-order chi connectivity index (χ1) is 16.6. The minimum Gasteiger partial charge on any atom is -0.357 e. The second kappa shape index (κ2) is 10.2. The maximum Gasteiger partial charge on any atom is 0.123 e. The van der Waals surface area contributed by atoms with Crippen LogP contribution in [-0.2, 0) is 12.8 Å². The van der Waals surface area contributed by atoms with Crippen molar-refractivity contribution in [2.75, 3.05) is 26.3 Å².